The van der Waals surface area contributed by atoms with Gasteiger partial charge < -0.3 is 10.1 Å². The highest BCUT2D eigenvalue weighted by atomic mass is 19.1. The quantitative estimate of drug-likeness (QED) is 0.859. The van der Waals surface area contributed by atoms with Crippen molar-refractivity contribution < 1.29 is 18.3 Å². The minimum atomic E-state index is -0.385. The summed E-state index contributed by atoms with van der Waals surface area (Å²) in [6, 6.07) is 11.0. The smallest absolute Gasteiger partial charge is 0.199 e. The van der Waals surface area contributed by atoms with Crippen molar-refractivity contribution in [1.29, 1.82) is 0 Å². The molecule has 0 saturated heterocycles. The Bertz CT molecular complexity index is 903. The third kappa shape index (κ3) is 3.09. The molecule has 26 heavy (non-hydrogen) atoms. The molecule has 2 aromatic carbocycles. The molecule has 2 aromatic rings. The number of carbonyl (C=O) groups is 1. The van der Waals surface area contributed by atoms with E-state index in [4.69, 9.17) is 4.74 Å². The molecule has 134 valence electrons. The Hall–Kier alpha value is -2.69. The van der Waals surface area contributed by atoms with Gasteiger partial charge in [-0.25, -0.2) is 8.78 Å². The van der Waals surface area contributed by atoms with Crippen LogP contribution in [0, 0.1) is 17.6 Å². The number of halogens is 2. The van der Waals surface area contributed by atoms with Gasteiger partial charge in [0, 0.05) is 11.1 Å². The Labute approximate surface area is 150 Å². The van der Waals surface area contributed by atoms with Crippen molar-refractivity contribution >= 4 is 11.4 Å². The second kappa shape index (κ2) is 6.56. The van der Waals surface area contributed by atoms with E-state index in [9.17, 15) is 13.6 Å². The van der Waals surface area contributed by atoms with Gasteiger partial charge in [-0.3, -0.25) is 4.79 Å². The predicted molar refractivity (Wildman–Crippen MR) is 93.8 cm³/mol. The lowest BCUT2D eigenvalue weighted by Crippen LogP contribution is -2.28. The van der Waals surface area contributed by atoms with Gasteiger partial charge in [-0.1, -0.05) is 24.3 Å². The van der Waals surface area contributed by atoms with Crippen molar-refractivity contribution in [2.24, 2.45) is 5.92 Å². The number of ketones is 1. The molecule has 1 saturated carbocycles. The number of benzene rings is 2. The van der Waals surface area contributed by atoms with Crippen LogP contribution in [-0.4, -0.2) is 5.78 Å². The molecule has 1 heterocycles. The third-order valence-corrected chi connectivity index (χ3v) is 4.92. The van der Waals surface area contributed by atoms with Crippen LogP contribution in [0.3, 0.4) is 0 Å². The van der Waals surface area contributed by atoms with Crippen LogP contribution in [0.25, 0.3) is 5.57 Å². The van der Waals surface area contributed by atoms with Crippen molar-refractivity contribution in [2.45, 2.75) is 32.4 Å². The summed E-state index contributed by atoms with van der Waals surface area (Å²) in [6.45, 7) is 1.50. The number of allylic oxidation sites excluding steroid dienone is 1. The third-order valence-electron chi connectivity index (χ3n) is 4.92. The highest BCUT2D eigenvalue weighted by Crippen LogP contribution is 2.43. The first-order valence-electron chi connectivity index (χ1n) is 8.72. The maximum absolute atomic E-state index is 14.1. The van der Waals surface area contributed by atoms with Gasteiger partial charge >= 0.3 is 0 Å². The minimum absolute atomic E-state index is 0.0572. The molecule has 0 spiro atoms. The van der Waals surface area contributed by atoms with E-state index in [-0.39, 0.29) is 30.1 Å². The lowest BCUT2D eigenvalue weighted by atomic mass is 9.94. The molecular weight excluding hydrogens is 336 g/mol. The lowest BCUT2D eigenvalue weighted by Gasteiger charge is -2.28. The molecule has 0 radical (unpaired) electrons. The summed E-state index contributed by atoms with van der Waals surface area (Å²) in [7, 11) is 0. The molecule has 0 amide bonds. The zero-order chi connectivity index (χ0) is 18.3. The Morgan fingerprint density at radius 1 is 1.19 bits per heavy atom. The van der Waals surface area contributed by atoms with E-state index < -0.39 is 0 Å². The van der Waals surface area contributed by atoms with Crippen LogP contribution < -0.4 is 5.32 Å². The molecule has 2 aliphatic rings. The fourth-order valence-electron chi connectivity index (χ4n) is 3.49. The van der Waals surface area contributed by atoms with Gasteiger partial charge in [-0.15, -0.1) is 0 Å². The van der Waals surface area contributed by atoms with Gasteiger partial charge in [0.2, 0.25) is 0 Å². The molecule has 0 unspecified atom stereocenters. The number of fused-ring (bicyclic) bond motifs is 1. The average Bonchev–Trinajstić information content (AvgIpc) is 3.44. The van der Waals surface area contributed by atoms with Gasteiger partial charge in [-0.05, 0) is 49.4 Å². The number of hydrogen-bond donors (Lipinski definition) is 1. The van der Waals surface area contributed by atoms with E-state index in [1.54, 1.807) is 18.2 Å². The topological polar surface area (TPSA) is 38.3 Å². The molecule has 5 heteroatoms. The van der Waals surface area contributed by atoms with Crippen LogP contribution in [-0.2, 0) is 16.1 Å². The summed E-state index contributed by atoms with van der Waals surface area (Å²) in [5.74, 6) is -0.184. The van der Waals surface area contributed by atoms with E-state index in [2.05, 4.69) is 5.32 Å². The van der Waals surface area contributed by atoms with Crippen LogP contribution >= 0.6 is 0 Å². The van der Waals surface area contributed by atoms with E-state index in [0.29, 0.717) is 28.5 Å². The van der Waals surface area contributed by atoms with E-state index >= 15 is 0 Å². The van der Waals surface area contributed by atoms with Gasteiger partial charge in [0.1, 0.15) is 18.2 Å². The first kappa shape index (κ1) is 16.8. The number of carbonyl (C=O) groups excluding carboxylic acids is 1. The highest BCUT2D eigenvalue weighted by molar-refractivity contribution is 6.20. The predicted octanol–water partition coefficient (Wildman–Crippen LogP) is 4.49. The summed E-state index contributed by atoms with van der Waals surface area (Å²) in [5.41, 5.74) is 2.10. The Kier molecular flexibility index (Phi) is 4.23. The average molecular weight is 355 g/mol. The van der Waals surface area contributed by atoms with Crippen molar-refractivity contribution in [3.63, 3.8) is 0 Å². The van der Waals surface area contributed by atoms with Gasteiger partial charge in [-0.2, -0.15) is 0 Å². The van der Waals surface area contributed by atoms with E-state index in [0.717, 1.165) is 18.4 Å². The molecule has 1 atom stereocenters. The fourth-order valence-corrected chi connectivity index (χ4v) is 3.49. The summed E-state index contributed by atoms with van der Waals surface area (Å²) >= 11 is 0. The molecule has 0 bridgehead atoms. The summed E-state index contributed by atoms with van der Waals surface area (Å²) < 4.78 is 33.5. The largest absolute Gasteiger partial charge is 0.474 e. The van der Waals surface area contributed by atoms with Gasteiger partial charge in [0.15, 0.2) is 11.7 Å². The maximum Gasteiger partial charge on any atom is 0.199 e. The number of ether oxygens (including phenoxy) is 1. The zero-order valence-corrected chi connectivity index (χ0v) is 14.4. The number of hydrogen-bond acceptors (Lipinski definition) is 3. The van der Waals surface area contributed by atoms with Crippen molar-refractivity contribution in [2.75, 3.05) is 0 Å². The summed E-state index contributed by atoms with van der Waals surface area (Å²) in [6.07, 6.45) is 2.06. The van der Waals surface area contributed by atoms with E-state index in [1.807, 2.05) is 6.07 Å². The first-order chi connectivity index (χ1) is 12.5. The second-order valence-corrected chi connectivity index (χ2v) is 6.83. The minimum Gasteiger partial charge on any atom is -0.474 e. The van der Waals surface area contributed by atoms with Crippen LogP contribution in [0.15, 0.2) is 48.3 Å². The van der Waals surface area contributed by atoms with Crippen molar-refractivity contribution in [3.8, 4) is 0 Å². The second-order valence-electron chi connectivity index (χ2n) is 6.83. The fraction of sp³-hybridized carbons (Fsp3) is 0.286. The van der Waals surface area contributed by atoms with Gasteiger partial charge in [0.05, 0.1) is 11.6 Å². The summed E-state index contributed by atoms with van der Waals surface area (Å²) in [5, 5.41) is 3.30. The van der Waals surface area contributed by atoms with Crippen LogP contribution in [0.1, 0.15) is 42.5 Å². The number of nitrogens with one attached hydrogen (secondary N) is 1. The molecule has 4 rings (SSSR count). The molecule has 1 aliphatic heterocycles. The highest BCUT2D eigenvalue weighted by Gasteiger charge is 2.35. The zero-order valence-electron chi connectivity index (χ0n) is 14.4. The van der Waals surface area contributed by atoms with Crippen LogP contribution in [0.2, 0.25) is 0 Å². The molecule has 0 aromatic heterocycles. The standard InChI is InChI=1S/C21H19F2NO2/c1-12(25)19-16-6-3-7-18(23)17(16)11-26-21(19)24-20(13-8-9-13)14-4-2-5-15(22)10-14/h2-7,10,13,20,24H,8-9,11H2,1H3/t20-/m0/s1. The number of Topliss-reactive ketones (excluding diaryl/α,β-unsaturated/α-hetero) is 1. The normalized spacial score (nSPS) is 17.3. The number of rotatable bonds is 5. The molecule has 1 N–H and O–H groups in total. The molecule has 1 aliphatic carbocycles. The van der Waals surface area contributed by atoms with Crippen LogP contribution in [0.5, 0.6) is 0 Å². The Morgan fingerprint density at radius 2 is 1.96 bits per heavy atom. The summed E-state index contributed by atoms with van der Waals surface area (Å²) in [4.78, 5) is 12.3. The molecule has 3 nitrogen and oxygen atoms in total. The maximum atomic E-state index is 14.1. The van der Waals surface area contributed by atoms with E-state index in [1.165, 1.54) is 25.1 Å². The Balaban J connectivity index is 1.75. The lowest BCUT2D eigenvalue weighted by molar-refractivity contribution is -0.112. The van der Waals surface area contributed by atoms with Crippen LogP contribution in [0.4, 0.5) is 8.78 Å². The molecular formula is C21H19F2NO2. The van der Waals surface area contributed by atoms with Gasteiger partial charge in [0.25, 0.3) is 0 Å². The van der Waals surface area contributed by atoms with Crippen molar-refractivity contribution in [1.82, 2.24) is 5.32 Å². The SMILES string of the molecule is CC(=O)C1=C(N[C@H](c2cccc(F)c2)C2CC2)OCc2c(F)cccc21. The monoisotopic (exact) mass is 355 g/mol. The Morgan fingerprint density at radius 3 is 2.65 bits per heavy atom. The first-order valence-corrected chi connectivity index (χ1v) is 8.72. The van der Waals surface area contributed by atoms with Crippen molar-refractivity contribution in [3.05, 3.63) is 76.7 Å². The molecule has 1 fully saturated rings.